The lowest BCUT2D eigenvalue weighted by atomic mass is 9.94. The molecule has 3 aromatic rings. The lowest BCUT2D eigenvalue weighted by Gasteiger charge is -2.18. The number of aromatic nitrogens is 2. The van der Waals surface area contributed by atoms with Gasteiger partial charge in [-0.3, -0.25) is 4.79 Å². The maximum Gasteiger partial charge on any atom is 0.270 e. The molecular formula is C24H28FN3O2. The molecule has 0 atom stereocenters. The number of hydrogen-bond acceptors (Lipinski definition) is 4. The summed E-state index contributed by atoms with van der Waals surface area (Å²) in [6.07, 6.45) is 1.05. The first-order valence-electron chi connectivity index (χ1n) is 10.0. The van der Waals surface area contributed by atoms with Gasteiger partial charge in [-0.05, 0) is 57.6 Å². The van der Waals surface area contributed by atoms with Crippen molar-refractivity contribution < 1.29 is 9.13 Å². The summed E-state index contributed by atoms with van der Waals surface area (Å²) >= 11 is 0. The van der Waals surface area contributed by atoms with Gasteiger partial charge in [0.1, 0.15) is 11.6 Å². The van der Waals surface area contributed by atoms with Gasteiger partial charge in [-0.25, -0.2) is 9.07 Å². The minimum Gasteiger partial charge on any atom is -0.496 e. The predicted octanol–water partition coefficient (Wildman–Crippen LogP) is 3.71. The summed E-state index contributed by atoms with van der Waals surface area (Å²) in [5, 5.41) is 4.59. The molecule has 0 saturated heterocycles. The highest BCUT2D eigenvalue weighted by Gasteiger charge is 2.19. The average Bonchev–Trinajstić information content (AvgIpc) is 2.73. The molecule has 0 amide bonds. The van der Waals surface area contributed by atoms with E-state index in [0.29, 0.717) is 37.2 Å². The van der Waals surface area contributed by atoms with E-state index in [0.717, 1.165) is 22.4 Å². The number of nitrogens with zero attached hydrogens (tertiary/aromatic N) is 3. The van der Waals surface area contributed by atoms with Gasteiger partial charge >= 0.3 is 0 Å². The van der Waals surface area contributed by atoms with Gasteiger partial charge < -0.3 is 9.64 Å². The molecule has 3 rings (SSSR count). The molecule has 0 aliphatic rings. The standard InChI is InChI=1S/C24H28FN3O2/c1-17-23(20-10-5-6-11-22(20)30-4)21(13-12-18-8-7-9-19(25)16-18)24(29)28(26-17)15-14-27(2)3/h5-11,16H,12-15H2,1-4H3. The summed E-state index contributed by atoms with van der Waals surface area (Å²) in [7, 11) is 5.55. The topological polar surface area (TPSA) is 47.4 Å². The number of aryl methyl sites for hydroxylation is 2. The largest absolute Gasteiger partial charge is 0.496 e. The number of methoxy groups -OCH3 is 1. The molecule has 0 aliphatic heterocycles. The second kappa shape index (κ2) is 9.67. The number of ether oxygens (including phenoxy) is 1. The Morgan fingerprint density at radius 2 is 1.87 bits per heavy atom. The van der Waals surface area contributed by atoms with Crippen LogP contribution in [0.1, 0.15) is 16.8 Å². The van der Waals surface area contributed by atoms with Crippen LogP contribution in [0.5, 0.6) is 5.75 Å². The molecule has 30 heavy (non-hydrogen) atoms. The molecule has 2 aromatic carbocycles. The average molecular weight is 410 g/mol. The molecule has 0 N–H and O–H groups in total. The fraction of sp³-hybridized carbons (Fsp3) is 0.333. The lowest BCUT2D eigenvalue weighted by Crippen LogP contribution is -2.32. The normalized spacial score (nSPS) is 11.1. The van der Waals surface area contributed by atoms with Crippen molar-refractivity contribution in [3.63, 3.8) is 0 Å². The molecule has 158 valence electrons. The Kier molecular flexibility index (Phi) is 7.00. The number of rotatable bonds is 8. The van der Waals surface area contributed by atoms with E-state index in [2.05, 4.69) is 5.10 Å². The first-order valence-corrected chi connectivity index (χ1v) is 10.0. The zero-order valence-corrected chi connectivity index (χ0v) is 18.0. The Hall–Kier alpha value is -2.99. The van der Waals surface area contributed by atoms with Crippen molar-refractivity contribution in [2.45, 2.75) is 26.3 Å². The lowest BCUT2D eigenvalue weighted by molar-refractivity contribution is 0.366. The van der Waals surface area contributed by atoms with E-state index in [-0.39, 0.29) is 11.4 Å². The molecule has 0 spiro atoms. The zero-order chi connectivity index (χ0) is 21.7. The van der Waals surface area contributed by atoms with Crippen LogP contribution < -0.4 is 10.3 Å². The Balaban J connectivity index is 2.10. The van der Waals surface area contributed by atoms with Gasteiger partial charge in [-0.15, -0.1) is 0 Å². The van der Waals surface area contributed by atoms with E-state index >= 15 is 0 Å². The van der Waals surface area contributed by atoms with E-state index in [1.54, 1.807) is 13.2 Å². The summed E-state index contributed by atoms with van der Waals surface area (Å²) in [4.78, 5) is 15.4. The van der Waals surface area contributed by atoms with Gasteiger partial charge in [-0.2, -0.15) is 5.10 Å². The van der Waals surface area contributed by atoms with Crippen molar-refractivity contribution in [1.82, 2.24) is 14.7 Å². The number of likely N-dealkylation sites (N-methyl/N-ethyl adjacent to an activating group) is 1. The van der Waals surface area contributed by atoms with Crippen molar-refractivity contribution in [1.29, 1.82) is 0 Å². The summed E-state index contributed by atoms with van der Waals surface area (Å²) in [6, 6.07) is 14.2. The number of benzene rings is 2. The Bertz CT molecular complexity index is 1080. The quantitative estimate of drug-likeness (QED) is 0.569. The van der Waals surface area contributed by atoms with Crippen LogP contribution in [-0.4, -0.2) is 42.4 Å². The smallest absolute Gasteiger partial charge is 0.270 e. The van der Waals surface area contributed by atoms with E-state index in [1.807, 2.05) is 56.3 Å². The summed E-state index contributed by atoms with van der Waals surface area (Å²) in [6.45, 7) is 3.13. The van der Waals surface area contributed by atoms with Crippen LogP contribution in [0.3, 0.4) is 0 Å². The summed E-state index contributed by atoms with van der Waals surface area (Å²) in [5.41, 5.74) is 3.84. The maximum absolute atomic E-state index is 13.6. The third-order valence-electron chi connectivity index (χ3n) is 5.11. The molecule has 0 unspecified atom stereocenters. The highest BCUT2D eigenvalue weighted by Crippen LogP contribution is 2.33. The van der Waals surface area contributed by atoms with Crippen LogP contribution >= 0.6 is 0 Å². The van der Waals surface area contributed by atoms with Crippen molar-refractivity contribution in [2.75, 3.05) is 27.7 Å². The van der Waals surface area contributed by atoms with E-state index < -0.39 is 0 Å². The van der Waals surface area contributed by atoms with E-state index in [4.69, 9.17) is 4.74 Å². The van der Waals surface area contributed by atoms with Crippen molar-refractivity contribution in [3.05, 3.63) is 81.5 Å². The Morgan fingerprint density at radius 3 is 2.57 bits per heavy atom. The van der Waals surface area contributed by atoms with Crippen molar-refractivity contribution in [2.24, 2.45) is 0 Å². The first-order chi connectivity index (χ1) is 14.4. The SMILES string of the molecule is COc1ccccc1-c1c(C)nn(CCN(C)C)c(=O)c1CCc1cccc(F)c1. The summed E-state index contributed by atoms with van der Waals surface area (Å²) < 4.78 is 20.7. The van der Waals surface area contributed by atoms with Crippen LogP contribution in [0.2, 0.25) is 0 Å². The van der Waals surface area contributed by atoms with E-state index in [9.17, 15) is 9.18 Å². The number of halogens is 1. The second-order valence-electron chi connectivity index (χ2n) is 7.60. The van der Waals surface area contributed by atoms with E-state index in [1.165, 1.54) is 16.8 Å². The second-order valence-corrected chi connectivity index (χ2v) is 7.60. The van der Waals surface area contributed by atoms with Gasteiger partial charge in [0.2, 0.25) is 0 Å². The van der Waals surface area contributed by atoms with Crippen LogP contribution in [0, 0.1) is 12.7 Å². The van der Waals surface area contributed by atoms with Gasteiger partial charge in [0, 0.05) is 23.2 Å². The maximum atomic E-state index is 13.6. The first kappa shape index (κ1) is 21.7. The van der Waals surface area contributed by atoms with Gasteiger partial charge in [-0.1, -0.05) is 30.3 Å². The van der Waals surface area contributed by atoms with Crippen LogP contribution in [0.15, 0.2) is 53.3 Å². The highest BCUT2D eigenvalue weighted by molar-refractivity contribution is 5.74. The van der Waals surface area contributed by atoms with Crippen LogP contribution in [0.25, 0.3) is 11.1 Å². The molecule has 0 fully saturated rings. The molecule has 1 aromatic heterocycles. The Morgan fingerprint density at radius 1 is 1.10 bits per heavy atom. The van der Waals surface area contributed by atoms with Crippen molar-refractivity contribution >= 4 is 0 Å². The van der Waals surface area contributed by atoms with Crippen LogP contribution in [-0.2, 0) is 19.4 Å². The fourth-order valence-corrected chi connectivity index (χ4v) is 3.61. The van der Waals surface area contributed by atoms with Gasteiger partial charge in [0.25, 0.3) is 5.56 Å². The molecule has 1 heterocycles. The van der Waals surface area contributed by atoms with Gasteiger partial charge in [0.05, 0.1) is 19.3 Å². The molecule has 0 aliphatic carbocycles. The van der Waals surface area contributed by atoms with Crippen molar-refractivity contribution in [3.8, 4) is 16.9 Å². The predicted molar refractivity (Wildman–Crippen MR) is 118 cm³/mol. The third-order valence-corrected chi connectivity index (χ3v) is 5.11. The molecule has 6 heteroatoms. The van der Waals surface area contributed by atoms with Crippen LogP contribution in [0.4, 0.5) is 4.39 Å². The fourth-order valence-electron chi connectivity index (χ4n) is 3.61. The number of hydrogen-bond donors (Lipinski definition) is 0. The minimum absolute atomic E-state index is 0.111. The minimum atomic E-state index is -0.272. The molecular weight excluding hydrogens is 381 g/mol. The third kappa shape index (κ3) is 4.94. The zero-order valence-electron chi connectivity index (χ0n) is 18.0. The molecule has 0 saturated carbocycles. The highest BCUT2D eigenvalue weighted by atomic mass is 19.1. The monoisotopic (exact) mass is 409 g/mol. The molecule has 0 radical (unpaired) electrons. The molecule has 5 nitrogen and oxygen atoms in total. The summed E-state index contributed by atoms with van der Waals surface area (Å²) in [5.74, 6) is 0.423. The van der Waals surface area contributed by atoms with Gasteiger partial charge in [0.15, 0.2) is 0 Å². The number of para-hydroxylation sites is 1. The molecule has 0 bridgehead atoms. The Labute approximate surface area is 176 Å².